The molecule has 0 radical (unpaired) electrons. The molecule has 1 fully saturated rings. The molecule has 0 saturated carbocycles. The number of nitrogens with one attached hydrogen (secondary N) is 1. The Morgan fingerprint density at radius 2 is 2.10 bits per heavy atom. The zero-order chi connectivity index (χ0) is 15.6. The third kappa shape index (κ3) is 3.20. The van der Waals surface area contributed by atoms with Crippen LogP contribution in [0.25, 0.3) is 0 Å². The first-order valence-electron chi connectivity index (χ1n) is 6.87. The Morgan fingerprint density at radius 3 is 2.71 bits per heavy atom. The number of hydrogen-bond donors (Lipinski definition) is 1. The van der Waals surface area contributed by atoms with Gasteiger partial charge in [-0.1, -0.05) is 22.9 Å². The van der Waals surface area contributed by atoms with Gasteiger partial charge in [0.25, 0.3) is 5.91 Å². The number of halogens is 1. The van der Waals surface area contributed by atoms with Crippen LogP contribution in [0.2, 0.25) is 0 Å². The molecule has 114 valence electrons. The van der Waals surface area contributed by atoms with Gasteiger partial charge in [0.2, 0.25) is 5.91 Å². The highest BCUT2D eigenvalue weighted by atomic mass is 79.9. The maximum Gasteiger partial charge on any atom is 0.252 e. The molecule has 1 saturated heterocycles. The van der Waals surface area contributed by atoms with E-state index < -0.39 is 5.54 Å². The Kier molecular flexibility index (Phi) is 4.56. The molecule has 2 rings (SSSR count). The van der Waals surface area contributed by atoms with Crippen LogP contribution < -0.4 is 15.0 Å². The van der Waals surface area contributed by atoms with E-state index in [0.717, 1.165) is 10.2 Å². The molecule has 6 heteroatoms. The van der Waals surface area contributed by atoms with Crippen LogP contribution in [0.1, 0.15) is 26.7 Å². The van der Waals surface area contributed by atoms with Crippen LogP contribution in [-0.2, 0) is 9.59 Å². The van der Waals surface area contributed by atoms with E-state index >= 15 is 0 Å². The van der Waals surface area contributed by atoms with Crippen LogP contribution in [0.3, 0.4) is 0 Å². The molecule has 1 aromatic rings. The molecule has 2 amide bonds. The molecule has 1 aliphatic heterocycles. The van der Waals surface area contributed by atoms with Crippen LogP contribution in [0.15, 0.2) is 22.7 Å². The lowest BCUT2D eigenvalue weighted by Gasteiger charge is -2.31. The van der Waals surface area contributed by atoms with Crippen molar-refractivity contribution in [1.82, 2.24) is 5.32 Å². The van der Waals surface area contributed by atoms with Crippen LogP contribution >= 0.6 is 15.9 Å². The Labute approximate surface area is 132 Å². The molecule has 1 aliphatic rings. The molecule has 0 aromatic heterocycles. The quantitative estimate of drug-likeness (QED) is 0.906. The summed E-state index contributed by atoms with van der Waals surface area (Å²) in [7, 11) is 1.58. The van der Waals surface area contributed by atoms with Crippen molar-refractivity contribution in [3.63, 3.8) is 0 Å². The van der Waals surface area contributed by atoms with Crippen molar-refractivity contribution >= 4 is 33.4 Å². The van der Waals surface area contributed by atoms with E-state index in [9.17, 15) is 9.59 Å². The topological polar surface area (TPSA) is 58.6 Å². The summed E-state index contributed by atoms with van der Waals surface area (Å²) in [6.07, 6.45) is 0.829. The summed E-state index contributed by atoms with van der Waals surface area (Å²) in [5.74, 6) is 0.460. The number of ether oxygens (including phenoxy) is 1. The average molecular weight is 355 g/mol. The maximum absolute atomic E-state index is 12.8. The van der Waals surface area contributed by atoms with E-state index in [1.807, 2.05) is 19.1 Å². The summed E-state index contributed by atoms with van der Waals surface area (Å²) >= 11 is 3.42. The van der Waals surface area contributed by atoms with Gasteiger partial charge in [0.15, 0.2) is 0 Å². The van der Waals surface area contributed by atoms with E-state index in [-0.39, 0.29) is 18.2 Å². The summed E-state index contributed by atoms with van der Waals surface area (Å²) in [5.41, 5.74) is -0.147. The van der Waals surface area contributed by atoms with Crippen LogP contribution in [0, 0.1) is 0 Å². The highest BCUT2D eigenvalue weighted by Crippen LogP contribution is 2.30. The van der Waals surface area contributed by atoms with E-state index in [1.54, 1.807) is 25.0 Å². The molecule has 0 aliphatic carbocycles. The lowest BCUT2D eigenvalue weighted by molar-refractivity contribution is -0.129. The number of amides is 2. The van der Waals surface area contributed by atoms with Gasteiger partial charge in [-0.25, -0.2) is 0 Å². The normalized spacial score (nSPS) is 22.8. The second-order valence-corrected chi connectivity index (χ2v) is 6.21. The molecular formula is C15H19BrN2O3. The minimum atomic E-state index is -0.872. The minimum absolute atomic E-state index is 0.0999. The Balaban J connectivity index is 2.44. The Hall–Kier alpha value is -1.56. The number of benzene rings is 1. The maximum atomic E-state index is 12.8. The molecule has 5 nitrogen and oxygen atoms in total. The van der Waals surface area contributed by atoms with Crippen LogP contribution in [0.5, 0.6) is 5.75 Å². The number of methoxy groups -OCH3 is 1. The Morgan fingerprint density at radius 1 is 1.38 bits per heavy atom. The number of nitrogens with zero attached hydrogens (tertiary/aromatic N) is 1. The smallest absolute Gasteiger partial charge is 0.252 e. The number of anilines is 1. The van der Waals surface area contributed by atoms with Crippen molar-refractivity contribution in [2.24, 2.45) is 0 Å². The largest absolute Gasteiger partial charge is 0.497 e. The van der Waals surface area contributed by atoms with Gasteiger partial charge < -0.3 is 15.0 Å². The number of carbonyl (C=O) groups excluding carboxylic acids is 2. The summed E-state index contributed by atoms with van der Waals surface area (Å²) in [6, 6.07) is 5.48. The van der Waals surface area contributed by atoms with Gasteiger partial charge in [0.1, 0.15) is 11.3 Å². The number of rotatable bonds is 3. The lowest BCUT2D eigenvalue weighted by Crippen LogP contribution is -2.54. The van der Waals surface area contributed by atoms with Crippen molar-refractivity contribution in [1.29, 1.82) is 0 Å². The van der Waals surface area contributed by atoms with Gasteiger partial charge >= 0.3 is 0 Å². The van der Waals surface area contributed by atoms with Crippen molar-refractivity contribution in [2.45, 2.75) is 32.2 Å². The van der Waals surface area contributed by atoms with E-state index in [1.165, 1.54) is 0 Å². The molecule has 1 N–H and O–H groups in total. The van der Waals surface area contributed by atoms with Gasteiger partial charge in [-0.05, 0) is 25.5 Å². The first-order chi connectivity index (χ1) is 9.89. The number of hydrogen-bond acceptors (Lipinski definition) is 3. The first-order valence-corrected chi connectivity index (χ1v) is 7.66. The van der Waals surface area contributed by atoms with E-state index in [2.05, 4.69) is 21.2 Å². The van der Waals surface area contributed by atoms with Gasteiger partial charge in [0.05, 0.1) is 7.11 Å². The fourth-order valence-electron chi connectivity index (χ4n) is 2.34. The first kappa shape index (κ1) is 15.8. The molecule has 1 atom stereocenters. The highest BCUT2D eigenvalue weighted by Gasteiger charge is 2.39. The molecule has 1 unspecified atom stereocenters. The predicted octanol–water partition coefficient (Wildman–Crippen LogP) is 2.48. The monoisotopic (exact) mass is 354 g/mol. The fourth-order valence-corrected chi connectivity index (χ4v) is 2.80. The van der Waals surface area contributed by atoms with Gasteiger partial charge in [-0.15, -0.1) is 0 Å². The van der Waals surface area contributed by atoms with Gasteiger partial charge in [-0.3, -0.25) is 9.59 Å². The minimum Gasteiger partial charge on any atom is -0.497 e. The second-order valence-electron chi connectivity index (χ2n) is 5.29. The number of carbonyl (C=O) groups is 2. The van der Waals surface area contributed by atoms with E-state index in [4.69, 9.17) is 4.74 Å². The third-order valence-electron chi connectivity index (χ3n) is 3.81. The summed E-state index contributed by atoms with van der Waals surface area (Å²) in [6.45, 7) is 4.02. The molecular weight excluding hydrogens is 336 g/mol. The fraction of sp³-hybridized carbons (Fsp3) is 0.467. The highest BCUT2D eigenvalue weighted by molar-refractivity contribution is 9.10. The van der Waals surface area contributed by atoms with Crippen molar-refractivity contribution in [3.05, 3.63) is 22.7 Å². The van der Waals surface area contributed by atoms with Crippen LogP contribution in [-0.4, -0.2) is 31.0 Å². The average Bonchev–Trinajstić information content (AvgIpc) is 2.56. The third-order valence-corrected chi connectivity index (χ3v) is 4.26. The summed E-state index contributed by atoms with van der Waals surface area (Å²) < 4.78 is 6.07. The van der Waals surface area contributed by atoms with Gasteiger partial charge in [-0.2, -0.15) is 0 Å². The second kappa shape index (κ2) is 6.05. The van der Waals surface area contributed by atoms with Crippen molar-refractivity contribution in [3.8, 4) is 5.75 Å². The summed E-state index contributed by atoms with van der Waals surface area (Å²) in [5, 5.41) is 2.82. The molecule has 0 spiro atoms. The zero-order valence-corrected chi connectivity index (χ0v) is 14.0. The molecule has 21 heavy (non-hydrogen) atoms. The predicted molar refractivity (Wildman–Crippen MR) is 84.5 cm³/mol. The standard InChI is InChI=1S/C15H19BrN2O3/c1-4-15(2)14(20)18(6-5-13(19)17-15)11-7-10(16)8-12(9-11)21-3/h7-9H,4-6H2,1-3H3,(H,17,19). The van der Waals surface area contributed by atoms with E-state index in [0.29, 0.717) is 18.7 Å². The molecule has 0 bridgehead atoms. The molecule has 1 heterocycles. The van der Waals surface area contributed by atoms with Crippen LogP contribution in [0.4, 0.5) is 5.69 Å². The van der Waals surface area contributed by atoms with Crippen molar-refractivity contribution in [2.75, 3.05) is 18.6 Å². The zero-order valence-electron chi connectivity index (χ0n) is 12.4. The lowest BCUT2D eigenvalue weighted by atomic mass is 9.97. The molecule has 1 aromatic carbocycles. The SMILES string of the molecule is CCC1(C)NC(=O)CCN(c2cc(Br)cc(OC)c2)C1=O. The van der Waals surface area contributed by atoms with Crippen molar-refractivity contribution < 1.29 is 14.3 Å². The summed E-state index contributed by atoms with van der Waals surface area (Å²) in [4.78, 5) is 26.3. The van der Waals surface area contributed by atoms with Gasteiger partial charge in [0, 0.05) is 29.2 Å². The Bertz CT molecular complexity index is 576.